The van der Waals surface area contributed by atoms with Crippen LogP contribution in [0.1, 0.15) is 0 Å². The van der Waals surface area contributed by atoms with Gasteiger partial charge in [0.25, 0.3) is 6.23 Å². The number of nitriles is 1. The fraction of sp³-hybridized carbons (Fsp3) is 0.400. The minimum absolute atomic E-state index is 0.463. The van der Waals surface area contributed by atoms with Crippen molar-refractivity contribution in [2.75, 3.05) is 7.05 Å². The van der Waals surface area contributed by atoms with Gasteiger partial charge in [-0.05, 0) is 0 Å². The second kappa shape index (κ2) is 1.74. The molecule has 8 heavy (non-hydrogen) atoms. The Morgan fingerprint density at radius 3 is 3.00 bits per heavy atom. The van der Waals surface area contributed by atoms with Crippen molar-refractivity contribution in [2.24, 2.45) is 0 Å². The van der Waals surface area contributed by atoms with Crippen molar-refractivity contribution < 1.29 is 4.74 Å². The van der Waals surface area contributed by atoms with Crippen molar-refractivity contribution in [1.29, 1.82) is 5.26 Å². The van der Waals surface area contributed by atoms with E-state index >= 15 is 0 Å². The lowest BCUT2D eigenvalue weighted by Gasteiger charge is -2.09. The van der Waals surface area contributed by atoms with Gasteiger partial charge in [-0.3, -0.25) is 0 Å². The lowest BCUT2D eigenvalue weighted by atomic mass is 10.6. The molecular formula is C5H5N2O. The maximum Gasteiger partial charge on any atom is 0.260 e. The molecule has 0 aromatic rings. The first-order valence-electron chi connectivity index (χ1n) is 2.20. The Labute approximate surface area is 47.8 Å². The van der Waals surface area contributed by atoms with E-state index in [1.807, 2.05) is 6.07 Å². The number of nitrogens with zero attached hydrogens (tertiary/aromatic N) is 2. The van der Waals surface area contributed by atoms with Crippen LogP contribution in [-0.2, 0) is 4.74 Å². The highest BCUT2D eigenvalue weighted by atomic mass is 16.5. The SMILES string of the molecule is CN1C=[C]OC1C#N. The van der Waals surface area contributed by atoms with Gasteiger partial charge in [-0.25, -0.2) is 0 Å². The fourth-order valence-electron chi connectivity index (χ4n) is 0.446. The monoisotopic (exact) mass is 109 g/mol. The lowest BCUT2D eigenvalue weighted by Crippen LogP contribution is -2.21. The van der Waals surface area contributed by atoms with Crippen LogP contribution < -0.4 is 0 Å². The highest BCUT2D eigenvalue weighted by Gasteiger charge is 2.14. The van der Waals surface area contributed by atoms with Crippen LogP contribution in [0.3, 0.4) is 0 Å². The van der Waals surface area contributed by atoms with Gasteiger partial charge in [0, 0.05) is 13.2 Å². The normalized spacial score (nSPS) is 25.0. The van der Waals surface area contributed by atoms with Gasteiger partial charge >= 0.3 is 0 Å². The number of hydrogen-bond acceptors (Lipinski definition) is 3. The first kappa shape index (κ1) is 4.98. The maximum absolute atomic E-state index is 8.26. The molecule has 0 fully saturated rings. The summed E-state index contributed by atoms with van der Waals surface area (Å²) in [5.74, 6) is 0. The minimum atomic E-state index is -0.463. The van der Waals surface area contributed by atoms with Crippen LogP contribution in [0.4, 0.5) is 0 Å². The first-order valence-corrected chi connectivity index (χ1v) is 2.20. The van der Waals surface area contributed by atoms with Crippen molar-refractivity contribution in [3.63, 3.8) is 0 Å². The molecule has 3 heteroatoms. The van der Waals surface area contributed by atoms with Gasteiger partial charge in [-0.1, -0.05) is 0 Å². The predicted molar refractivity (Wildman–Crippen MR) is 26.1 cm³/mol. The molecule has 41 valence electrons. The topological polar surface area (TPSA) is 36.3 Å². The van der Waals surface area contributed by atoms with Crippen molar-refractivity contribution >= 4 is 0 Å². The van der Waals surface area contributed by atoms with Crippen LogP contribution in [0.5, 0.6) is 0 Å². The van der Waals surface area contributed by atoms with Crippen LogP contribution in [-0.4, -0.2) is 18.2 Å². The maximum atomic E-state index is 8.26. The van der Waals surface area contributed by atoms with Gasteiger partial charge in [-0.15, -0.1) is 0 Å². The fourth-order valence-corrected chi connectivity index (χ4v) is 0.446. The second-order valence-corrected chi connectivity index (χ2v) is 1.51. The van der Waals surface area contributed by atoms with E-state index in [4.69, 9.17) is 5.26 Å². The Kier molecular flexibility index (Phi) is 1.09. The molecule has 0 saturated carbocycles. The molecule has 1 atom stereocenters. The van der Waals surface area contributed by atoms with E-state index < -0.39 is 6.23 Å². The van der Waals surface area contributed by atoms with E-state index in [-0.39, 0.29) is 0 Å². The zero-order valence-corrected chi connectivity index (χ0v) is 4.46. The van der Waals surface area contributed by atoms with Gasteiger partial charge in [0.2, 0.25) is 0 Å². The molecule has 1 aliphatic heterocycles. The zero-order valence-electron chi connectivity index (χ0n) is 4.46. The average Bonchev–Trinajstić information content (AvgIpc) is 2.14. The molecule has 0 N–H and O–H groups in total. The summed E-state index contributed by atoms with van der Waals surface area (Å²) in [6, 6.07) is 1.92. The molecule has 0 amide bonds. The molecule has 0 bridgehead atoms. The van der Waals surface area contributed by atoms with Crippen molar-refractivity contribution in [1.82, 2.24) is 4.90 Å². The standard InChI is InChI=1S/C5H5N2O/c1-7-2-3-8-5(7)4-6/h2,5H,1H3. The molecule has 1 heterocycles. The zero-order chi connectivity index (χ0) is 5.98. The Morgan fingerprint density at radius 1 is 2.00 bits per heavy atom. The van der Waals surface area contributed by atoms with Gasteiger partial charge in [0.1, 0.15) is 6.07 Å². The first-order chi connectivity index (χ1) is 3.84. The predicted octanol–water partition coefficient (Wildman–Crippen LogP) is 0.0725. The van der Waals surface area contributed by atoms with Gasteiger partial charge in [0.15, 0.2) is 6.26 Å². The molecule has 3 nitrogen and oxygen atoms in total. The van der Waals surface area contributed by atoms with Crippen LogP contribution in [0.2, 0.25) is 0 Å². The smallest absolute Gasteiger partial charge is 0.260 e. The molecule has 1 rings (SSSR count). The van der Waals surface area contributed by atoms with E-state index in [1.54, 1.807) is 18.1 Å². The molecule has 1 aliphatic rings. The third-order valence-corrected chi connectivity index (χ3v) is 0.916. The molecule has 0 aromatic heterocycles. The Bertz CT molecular complexity index is 147. The molecule has 1 unspecified atom stereocenters. The Morgan fingerprint density at radius 2 is 2.75 bits per heavy atom. The summed E-state index contributed by atoms with van der Waals surface area (Å²) in [4.78, 5) is 1.64. The summed E-state index contributed by atoms with van der Waals surface area (Å²) in [6.45, 7) is 0. The number of hydrogen-bond donors (Lipinski definition) is 0. The third kappa shape index (κ3) is 0.604. The summed E-state index contributed by atoms with van der Waals surface area (Å²) in [5.41, 5.74) is 0. The quantitative estimate of drug-likeness (QED) is 0.441. The third-order valence-electron chi connectivity index (χ3n) is 0.916. The number of rotatable bonds is 0. The molecule has 1 radical (unpaired) electrons. The summed E-state index contributed by atoms with van der Waals surface area (Å²) >= 11 is 0. The molecular weight excluding hydrogens is 104 g/mol. The Hall–Kier alpha value is -1.17. The van der Waals surface area contributed by atoms with Crippen molar-refractivity contribution in [3.05, 3.63) is 12.5 Å². The highest BCUT2D eigenvalue weighted by Crippen LogP contribution is 2.04. The van der Waals surface area contributed by atoms with Crippen molar-refractivity contribution in [3.8, 4) is 6.07 Å². The summed E-state index contributed by atoms with van der Waals surface area (Å²) in [7, 11) is 1.76. The highest BCUT2D eigenvalue weighted by molar-refractivity contribution is 4.92. The molecule has 0 spiro atoms. The summed E-state index contributed by atoms with van der Waals surface area (Å²) < 4.78 is 4.67. The van der Waals surface area contributed by atoms with Crippen LogP contribution >= 0.6 is 0 Å². The van der Waals surface area contributed by atoms with Crippen molar-refractivity contribution in [2.45, 2.75) is 6.23 Å². The van der Waals surface area contributed by atoms with E-state index in [9.17, 15) is 0 Å². The minimum Gasteiger partial charge on any atom is -0.452 e. The van der Waals surface area contributed by atoms with Crippen LogP contribution in [0.25, 0.3) is 0 Å². The second-order valence-electron chi connectivity index (χ2n) is 1.51. The Balaban J connectivity index is 2.54. The van der Waals surface area contributed by atoms with Gasteiger partial charge in [-0.2, -0.15) is 5.26 Å². The van der Waals surface area contributed by atoms with E-state index in [1.165, 1.54) is 0 Å². The molecule has 0 saturated heterocycles. The molecule has 0 aromatic carbocycles. The number of ether oxygens (including phenoxy) is 1. The van der Waals surface area contributed by atoms with Crippen LogP contribution in [0.15, 0.2) is 6.20 Å². The summed E-state index contributed by atoms with van der Waals surface area (Å²) in [6.07, 6.45) is 3.58. The summed E-state index contributed by atoms with van der Waals surface area (Å²) in [5, 5.41) is 8.26. The van der Waals surface area contributed by atoms with Gasteiger partial charge < -0.3 is 9.64 Å². The average molecular weight is 109 g/mol. The lowest BCUT2D eigenvalue weighted by molar-refractivity contribution is 0.113. The van der Waals surface area contributed by atoms with E-state index in [2.05, 4.69) is 11.0 Å². The van der Waals surface area contributed by atoms with Gasteiger partial charge in [0.05, 0.1) is 0 Å². The largest absolute Gasteiger partial charge is 0.452 e. The molecule has 0 aliphatic carbocycles. The van der Waals surface area contributed by atoms with E-state index in [0.717, 1.165) is 0 Å². The van der Waals surface area contributed by atoms with Crippen LogP contribution in [0, 0.1) is 17.6 Å². The van der Waals surface area contributed by atoms with E-state index in [0.29, 0.717) is 0 Å².